The molecular weight excluding hydrogens is 412 g/mol. The number of carbonyl (C=O) groups is 1. The Hall–Kier alpha value is -1.93. The van der Waals surface area contributed by atoms with Crippen LogP contribution in [0.2, 0.25) is 0 Å². The first kappa shape index (κ1) is 23.7. The lowest BCUT2D eigenvalue weighted by Gasteiger charge is -2.50. The maximum absolute atomic E-state index is 13.5. The van der Waals surface area contributed by atoms with E-state index in [-0.39, 0.29) is 34.5 Å². The quantitative estimate of drug-likeness (QED) is 0.723. The number of nitrogens with zero attached hydrogens (tertiary/aromatic N) is 3. The molecule has 0 aliphatic carbocycles. The zero-order chi connectivity index (χ0) is 23.0. The first-order chi connectivity index (χ1) is 14.4. The number of amides is 1. The second kappa shape index (κ2) is 8.54. The van der Waals surface area contributed by atoms with Crippen molar-refractivity contribution in [3.63, 3.8) is 0 Å². The Bertz CT molecular complexity index is 953. The predicted octanol–water partition coefficient (Wildman–Crippen LogP) is 3.01. The molecule has 2 aliphatic rings. The van der Waals surface area contributed by atoms with Crippen LogP contribution in [0, 0.1) is 0 Å². The third kappa shape index (κ3) is 5.29. The van der Waals surface area contributed by atoms with Gasteiger partial charge >= 0.3 is 0 Å². The minimum Gasteiger partial charge on any atom is -0.349 e. The van der Waals surface area contributed by atoms with Gasteiger partial charge < -0.3 is 15.1 Å². The van der Waals surface area contributed by atoms with Crippen LogP contribution in [0.1, 0.15) is 65.9 Å². The lowest BCUT2D eigenvalue weighted by atomic mass is 9.79. The Kier molecular flexibility index (Phi) is 6.54. The number of piperidine rings is 1. The SMILES string of the molecule is CCCCN(C(=O)CN(C)C1=NS(=O)(=O)c2ccccc21)C1CC(C)(C)NC(C)(C)C1. The number of rotatable bonds is 6. The zero-order valence-electron chi connectivity index (χ0n) is 19.6. The summed E-state index contributed by atoms with van der Waals surface area (Å²) in [6.45, 7) is 11.7. The minimum atomic E-state index is -3.71. The lowest BCUT2D eigenvalue weighted by molar-refractivity contribution is -0.135. The van der Waals surface area contributed by atoms with Crippen LogP contribution in [-0.4, -0.2) is 67.2 Å². The number of sulfonamides is 1. The topological polar surface area (TPSA) is 82.1 Å². The van der Waals surface area contributed by atoms with Gasteiger partial charge in [0.15, 0.2) is 5.84 Å². The Morgan fingerprint density at radius 3 is 2.39 bits per heavy atom. The van der Waals surface area contributed by atoms with Crippen molar-refractivity contribution < 1.29 is 13.2 Å². The molecular formula is C23H36N4O3S. The second-order valence-electron chi connectivity index (χ2n) is 10.1. The average molecular weight is 449 g/mol. The van der Waals surface area contributed by atoms with E-state index in [1.807, 2.05) is 4.90 Å². The molecule has 1 N–H and O–H groups in total. The Balaban J connectivity index is 1.82. The number of hydrogen-bond acceptors (Lipinski definition) is 5. The van der Waals surface area contributed by atoms with Crippen molar-refractivity contribution in [2.75, 3.05) is 20.1 Å². The third-order valence-corrected chi connectivity index (χ3v) is 7.35. The summed E-state index contributed by atoms with van der Waals surface area (Å²) in [5.41, 5.74) is 0.430. The highest BCUT2D eigenvalue weighted by molar-refractivity contribution is 7.90. The molecule has 1 aromatic carbocycles. The molecule has 0 radical (unpaired) electrons. The van der Waals surface area contributed by atoms with Gasteiger partial charge in [-0.05, 0) is 59.1 Å². The van der Waals surface area contributed by atoms with Crippen molar-refractivity contribution in [3.8, 4) is 0 Å². The number of nitrogens with one attached hydrogen (secondary N) is 1. The summed E-state index contributed by atoms with van der Waals surface area (Å²) in [4.78, 5) is 17.4. The largest absolute Gasteiger partial charge is 0.349 e. The fraction of sp³-hybridized carbons (Fsp3) is 0.652. The third-order valence-electron chi connectivity index (χ3n) is 6.03. The first-order valence-electron chi connectivity index (χ1n) is 11.1. The Labute approximate surface area is 187 Å². The van der Waals surface area contributed by atoms with Crippen LogP contribution in [-0.2, 0) is 14.8 Å². The highest BCUT2D eigenvalue weighted by atomic mass is 32.2. The van der Waals surface area contributed by atoms with Crippen molar-refractivity contribution in [1.82, 2.24) is 15.1 Å². The molecule has 1 saturated heterocycles. The van der Waals surface area contributed by atoms with Gasteiger partial charge in [-0.2, -0.15) is 8.42 Å². The van der Waals surface area contributed by atoms with Gasteiger partial charge in [-0.1, -0.05) is 25.5 Å². The van der Waals surface area contributed by atoms with E-state index in [1.54, 1.807) is 36.2 Å². The number of fused-ring (bicyclic) bond motifs is 1. The molecule has 172 valence electrons. The monoisotopic (exact) mass is 448 g/mol. The molecule has 0 unspecified atom stereocenters. The first-order valence-corrected chi connectivity index (χ1v) is 12.5. The maximum atomic E-state index is 13.5. The number of benzene rings is 1. The summed E-state index contributed by atoms with van der Waals surface area (Å²) < 4.78 is 28.8. The van der Waals surface area contributed by atoms with Gasteiger partial charge in [-0.25, -0.2) is 0 Å². The molecule has 1 amide bonds. The van der Waals surface area contributed by atoms with Gasteiger partial charge in [-0.3, -0.25) is 4.79 Å². The standard InChI is InChI=1S/C23H36N4O3S/c1-7-8-13-27(17-14-22(2,3)25-23(4,5)15-17)20(28)16-26(6)21-18-11-9-10-12-19(18)31(29,30)24-21/h9-12,17,25H,7-8,13-16H2,1-6H3. The van der Waals surface area contributed by atoms with Crippen molar-refractivity contribution in [3.05, 3.63) is 29.8 Å². The molecule has 0 spiro atoms. The highest BCUT2D eigenvalue weighted by Gasteiger charge is 2.41. The number of amidine groups is 1. The molecule has 1 fully saturated rings. The lowest BCUT2D eigenvalue weighted by Crippen LogP contribution is -2.63. The predicted molar refractivity (Wildman–Crippen MR) is 124 cm³/mol. The second-order valence-corrected chi connectivity index (χ2v) is 11.7. The van der Waals surface area contributed by atoms with E-state index >= 15 is 0 Å². The molecule has 1 aromatic rings. The zero-order valence-corrected chi connectivity index (χ0v) is 20.4. The van der Waals surface area contributed by atoms with E-state index in [0.29, 0.717) is 17.9 Å². The fourth-order valence-corrected chi connectivity index (χ4v) is 6.31. The molecule has 2 heterocycles. The van der Waals surface area contributed by atoms with Crippen molar-refractivity contribution >= 4 is 21.8 Å². The van der Waals surface area contributed by atoms with E-state index < -0.39 is 10.0 Å². The molecule has 8 heteroatoms. The van der Waals surface area contributed by atoms with Crippen LogP contribution >= 0.6 is 0 Å². The van der Waals surface area contributed by atoms with Crippen molar-refractivity contribution in [2.24, 2.45) is 4.40 Å². The molecule has 31 heavy (non-hydrogen) atoms. The molecule has 0 atom stereocenters. The van der Waals surface area contributed by atoms with Crippen LogP contribution < -0.4 is 5.32 Å². The van der Waals surface area contributed by atoms with Crippen molar-refractivity contribution in [2.45, 2.75) is 82.3 Å². The van der Waals surface area contributed by atoms with Gasteiger partial charge in [0.05, 0.1) is 6.54 Å². The summed E-state index contributed by atoms with van der Waals surface area (Å²) >= 11 is 0. The number of carbonyl (C=O) groups excluding carboxylic acids is 1. The van der Waals surface area contributed by atoms with Crippen LogP contribution in [0.4, 0.5) is 0 Å². The van der Waals surface area contributed by atoms with Crippen molar-refractivity contribution in [1.29, 1.82) is 0 Å². The van der Waals surface area contributed by atoms with Crippen LogP contribution in [0.3, 0.4) is 0 Å². The molecule has 0 saturated carbocycles. The number of unbranched alkanes of at least 4 members (excludes halogenated alkanes) is 1. The average Bonchev–Trinajstić information content (AvgIpc) is 2.91. The number of likely N-dealkylation sites (N-methyl/N-ethyl adjacent to an activating group) is 1. The normalized spacial score (nSPS) is 21.3. The maximum Gasteiger partial charge on any atom is 0.285 e. The minimum absolute atomic E-state index is 0.0129. The van der Waals surface area contributed by atoms with E-state index in [4.69, 9.17) is 0 Å². The molecule has 0 aromatic heterocycles. The molecule has 2 aliphatic heterocycles. The van der Waals surface area contributed by atoms with E-state index in [2.05, 4.69) is 44.3 Å². The van der Waals surface area contributed by atoms with Gasteiger partial charge in [0.2, 0.25) is 5.91 Å². The van der Waals surface area contributed by atoms with Gasteiger partial charge in [0, 0.05) is 36.3 Å². The summed E-state index contributed by atoms with van der Waals surface area (Å²) in [5.74, 6) is 0.351. The molecule has 7 nitrogen and oxygen atoms in total. The van der Waals surface area contributed by atoms with E-state index in [0.717, 1.165) is 25.7 Å². The summed E-state index contributed by atoms with van der Waals surface area (Å²) in [5, 5.41) is 3.68. The summed E-state index contributed by atoms with van der Waals surface area (Å²) in [6, 6.07) is 6.92. The summed E-state index contributed by atoms with van der Waals surface area (Å²) in [6.07, 6.45) is 3.72. The smallest absolute Gasteiger partial charge is 0.285 e. The van der Waals surface area contributed by atoms with E-state index in [9.17, 15) is 13.2 Å². The number of hydrogen-bond donors (Lipinski definition) is 1. The van der Waals surface area contributed by atoms with Crippen LogP contribution in [0.15, 0.2) is 33.6 Å². The van der Waals surface area contributed by atoms with Crippen LogP contribution in [0.25, 0.3) is 0 Å². The Morgan fingerprint density at radius 2 is 1.77 bits per heavy atom. The van der Waals surface area contributed by atoms with Gasteiger partial charge in [-0.15, -0.1) is 4.40 Å². The fourth-order valence-electron chi connectivity index (χ4n) is 5.06. The summed E-state index contributed by atoms with van der Waals surface area (Å²) in [7, 11) is -1.97. The van der Waals surface area contributed by atoms with Gasteiger partial charge in [0.1, 0.15) is 4.90 Å². The Morgan fingerprint density at radius 1 is 1.16 bits per heavy atom. The van der Waals surface area contributed by atoms with Gasteiger partial charge in [0.25, 0.3) is 10.0 Å². The highest BCUT2D eigenvalue weighted by Crippen LogP contribution is 2.32. The molecule has 0 bridgehead atoms. The van der Waals surface area contributed by atoms with Crippen LogP contribution in [0.5, 0.6) is 0 Å². The van der Waals surface area contributed by atoms with E-state index in [1.165, 1.54) is 0 Å². The molecule has 3 rings (SSSR count).